The maximum absolute atomic E-state index is 5.80. The molecule has 1 aromatic rings. The van der Waals surface area contributed by atoms with E-state index in [1.807, 2.05) is 24.1 Å². The zero-order valence-electron chi connectivity index (χ0n) is 11.9. The van der Waals surface area contributed by atoms with E-state index in [1.54, 1.807) is 0 Å². The summed E-state index contributed by atoms with van der Waals surface area (Å²) in [6.45, 7) is 2.36. The molecule has 7 heteroatoms. The van der Waals surface area contributed by atoms with Crippen LogP contribution in [0.2, 0.25) is 0 Å². The van der Waals surface area contributed by atoms with E-state index in [9.17, 15) is 0 Å². The highest BCUT2D eigenvalue weighted by molar-refractivity contribution is 14.0. The summed E-state index contributed by atoms with van der Waals surface area (Å²) in [6.07, 6.45) is 8.44. The molecule has 0 saturated carbocycles. The highest BCUT2D eigenvalue weighted by Crippen LogP contribution is 2.11. The lowest BCUT2D eigenvalue weighted by atomic mass is 10.2. The van der Waals surface area contributed by atoms with Gasteiger partial charge in [-0.05, 0) is 31.2 Å². The average Bonchev–Trinajstić information content (AvgIpc) is 3.04. The van der Waals surface area contributed by atoms with Gasteiger partial charge in [0.25, 0.3) is 0 Å². The van der Waals surface area contributed by atoms with Crippen molar-refractivity contribution in [3.63, 3.8) is 0 Å². The number of ether oxygens (including phenoxy) is 1. The molecular weight excluding hydrogens is 369 g/mol. The first kappa shape index (κ1) is 17.2. The molecule has 20 heavy (non-hydrogen) atoms. The second-order valence-electron chi connectivity index (χ2n) is 4.91. The molecule has 2 heterocycles. The number of nitrogens with one attached hydrogen (secondary N) is 1. The van der Waals surface area contributed by atoms with Crippen molar-refractivity contribution < 1.29 is 4.74 Å². The molecule has 1 aliphatic rings. The fraction of sp³-hybridized carbons (Fsp3) is 0.692. The van der Waals surface area contributed by atoms with Crippen LogP contribution in [0.25, 0.3) is 0 Å². The summed E-state index contributed by atoms with van der Waals surface area (Å²) in [5, 5.41) is 7.27. The number of hydrogen-bond acceptors (Lipinski definition) is 3. The fourth-order valence-electron chi connectivity index (χ4n) is 2.15. The summed E-state index contributed by atoms with van der Waals surface area (Å²) in [6, 6.07) is 0. The third-order valence-electron chi connectivity index (χ3n) is 3.20. The monoisotopic (exact) mass is 393 g/mol. The summed E-state index contributed by atoms with van der Waals surface area (Å²) in [4.78, 5) is 4.30. The number of nitrogens with two attached hydrogens (primary N) is 1. The first-order valence-corrected chi connectivity index (χ1v) is 6.87. The van der Waals surface area contributed by atoms with Crippen molar-refractivity contribution >= 4 is 29.9 Å². The van der Waals surface area contributed by atoms with Crippen molar-refractivity contribution in [3.8, 4) is 0 Å². The molecular formula is C13H24IN5O. The Kier molecular flexibility index (Phi) is 7.90. The topological polar surface area (TPSA) is 77.5 Å². The molecule has 1 atom stereocenters. The lowest BCUT2D eigenvalue weighted by Gasteiger charge is -2.08. The Hall–Kier alpha value is -0.830. The Labute approximate surface area is 137 Å². The van der Waals surface area contributed by atoms with Crippen LogP contribution in [0.15, 0.2) is 17.4 Å². The third-order valence-corrected chi connectivity index (χ3v) is 3.20. The quantitative estimate of drug-likeness (QED) is 0.328. The number of aromatic nitrogens is 2. The molecule has 114 valence electrons. The predicted octanol–water partition coefficient (Wildman–Crippen LogP) is 1.05. The van der Waals surface area contributed by atoms with Crippen molar-refractivity contribution in [1.82, 2.24) is 15.1 Å². The van der Waals surface area contributed by atoms with Crippen LogP contribution in [0.1, 0.15) is 24.8 Å². The number of aliphatic imine (C=N–C) groups is 1. The van der Waals surface area contributed by atoms with Gasteiger partial charge in [-0.1, -0.05) is 0 Å². The van der Waals surface area contributed by atoms with Crippen LogP contribution in [0.4, 0.5) is 0 Å². The molecule has 0 spiro atoms. The van der Waals surface area contributed by atoms with Crippen LogP contribution in [0.5, 0.6) is 0 Å². The summed E-state index contributed by atoms with van der Waals surface area (Å²) in [5.41, 5.74) is 7.05. The highest BCUT2D eigenvalue weighted by atomic mass is 127. The lowest BCUT2D eigenvalue weighted by molar-refractivity contribution is 0.118. The van der Waals surface area contributed by atoms with Crippen molar-refractivity contribution in [1.29, 1.82) is 0 Å². The Morgan fingerprint density at radius 2 is 2.50 bits per heavy atom. The molecule has 6 nitrogen and oxygen atoms in total. The van der Waals surface area contributed by atoms with Gasteiger partial charge in [-0.25, -0.2) is 0 Å². The Balaban J connectivity index is 0.00000200. The standard InChI is InChI=1S/C13H23N5O.HI/c1-18-10-11(8-17-18)4-2-6-15-13(14)16-9-12-5-3-7-19-12;/h8,10,12H,2-7,9H2,1H3,(H3,14,15,16);1H. The minimum Gasteiger partial charge on any atom is -0.376 e. The van der Waals surface area contributed by atoms with Gasteiger partial charge in [-0.2, -0.15) is 5.10 Å². The third kappa shape index (κ3) is 6.08. The molecule has 0 amide bonds. The molecule has 1 aliphatic heterocycles. The van der Waals surface area contributed by atoms with Crippen molar-refractivity contribution in [2.24, 2.45) is 17.8 Å². The van der Waals surface area contributed by atoms with E-state index >= 15 is 0 Å². The zero-order chi connectivity index (χ0) is 13.5. The smallest absolute Gasteiger partial charge is 0.188 e. The average molecular weight is 393 g/mol. The number of halogens is 1. The molecule has 1 unspecified atom stereocenters. The van der Waals surface area contributed by atoms with Gasteiger partial charge in [0.2, 0.25) is 0 Å². The van der Waals surface area contributed by atoms with Crippen LogP contribution < -0.4 is 11.1 Å². The van der Waals surface area contributed by atoms with Gasteiger partial charge in [-0.15, -0.1) is 24.0 Å². The van der Waals surface area contributed by atoms with E-state index in [-0.39, 0.29) is 30.1 Å². The minimum atomic E-state index is 0. The van der Waals surface area contributed by atoms with Gasteiger partial charge in [0.15, 0.2) is 5.96 Å². The van der Waals surface area contributed by atoms with Gasteiger partial charge in [-0.3, -0.25) is 9.67 Å². The SMILES string of the molecule is Cn1cc(CCCNC(N)=NCC2CCCO2)cn1.I. The summed E-state index contributed by atoms with van der Waals surface area (Å²) < 4.78 is 7.31. The molecule has 2 rings (SSSR count). The van der Waals surface area contributed by atoms with Crippen LogP contribution >= 0.6 is 24.0 Å². The maximum atomic E-state index is 5.80. The normalized spacial score (nSPS) is 18.9. The Morgan fingerprint density at radius 1 is 1.65 bits per heavy atom. The number of aryl methyl sites for hydroxylation is 2. The second-order valence-corrected chi connectivity index (χ2v) is 4.91. The minimum absolute atomic E-state index is 0. The fourth-order valence-corrected chi connectivity index (χ4v) is 2.15. The zero-order valence-corrected chi connectivity index (χ0v) is 14.2. The van der Waals surface area contributed by atoms with Gasteiger partial charge in [0, 0.05) is 26.4 Å². The van der Waals surface area contributed by atoms with Gasteiger partial charge in [0.05, 0.1) is 18.8 Å². The molecule has 1 aromatic heterocycles. The lowest BCUT2D eigenvalue weighted by Crippen LogP contribution is -2.33. The maximum Gasteiger partial charge on any atom is 0.188 e. The second kappa shape index (κ2) is 9.17. The number of rotatable bonds is 6. The first-order valence-electron chi connectivity index (χ1n) is 6.87. The van der Waals surface area contributed by atoms with E-state index in [0.29, 0.717) is 12.5 Å². The van der Waals surface area contributed by atoms with E-state index in [1.165, 1.54) is 5.56 Å². The van der Waals surface area contributed by atoms with Gasteiger partial charge >= 0.3 is 0 Å². The van der Waals surface area contributed by atoms with Crippen molar-refractivity contribution in [2.45, 2.75) is 31.8 Å². The number of hydrogen-bond donors (Lipinski definition) is 2. The molecule has 1 saturated heterocycles. The molecule has 1 fully saturated rings. The molecule has 0 aliphatic carbocycles. The molecule has 3 N–H and O–H groups in total. The Bertz CT molecular complexity index is 415. The molecule has 0 aromatic carbocycles. The highest BCUT2D eigenvalue weighted by Gasteiger charge is 2.14. The van der Waals surface area contributed by atoms with Crippen LogP contribution in [0, 0.1) is 0 Å². The van der Waals surface area contributed by atoms with Crippen molar-refractivity contribution in [2.75, 3.05) is 19.7 Å². The number of guanidine groups is 1. The van der Waals surface area contributed by atoms with Crippen LogP contribution in [0.3, 0.4) is 0 Å². The van der Waals surface area contributed by atoms with E-state index in [4.69, 9.17) is 10.5 Å². The van der Waals surface area contributed by atoms with Gasteiger partial charge in [0.1, 0.15) is 0 Å². The first-order chi connectivity index (χ1) is 9.24. The number of nitrogens with zero attached hydrogens (tertiary/aromatic N) is 3. The Morgan fingerprint density at radius 3 is 3.15 bits per heavy atom. The van der Waals surface area contributed by atoms with Gasteiger partial charge < -0.3 is 15.8 Å². The largest absolute Gasteiger partial charge is 0.376 e. The van der Waals surface area contributed by atoms with E-state index < -0.39 is 0 Å². The summed E-state index contributed by atoms with van der Waals surface area (Å²) in [5.74, 6) is 0.515. The van der Waals surface area contributed by atoms with Crippen LogP contribution in [-0.4, -0.2) is 41.5 Å². The van der Waals surface area contributed by atoms with Crippen molar-refractivity contribution in [3.05, 3.63) is 18.0 Å². The molecule has 0 radical (unpaired) electrons. The van der Waals surface area contributed by atoms with E-state index in [2.05, 4.69) is 15.4 Å². The van der Waals surface area contributed by atoms with Crippen LogP contribution in [-0.2, 0) is 18.2 Å². The summed E-state index contributed by atoms with van der Waals surface area (Å²) in [7, 11) is 1.93. The van der Waals surface area contributed by atoms with E-state index in [0.717, 1.165) is 38.8 Å². The summed E-state index contributed by atoms with van der Waals surface area (Å²) >= 11 is 0. The molecule has 0 bridgehead atoms. The predicted molar refractivity (Wildman–Crippen MR) is 90.4 cm³/mol.